The van der Waals surface area contributed by atoms with E-state index in [2.05, 4.69) is 23.8 Å². The van der Waals surface area contributed by atoms with Crippen LogP contribution in [0.3, 0.4) is 0 Å². The molecule has 2 heterocycles. The highest BCUT2D eigenvalue weighted by atomic mass is 32.2. The summed E-state index contributed by atoms with van der Waals surface area (Å²) in [6, 6.07) is 10.3. The molecule has 0 saturated carbocycles. The summed E-state index contributed by atoms with van der Waals surface area (Å²) in [6.07, 6.45) is 3.50. The summed E-state index contributed by atoms with van der Waals surface area (Å²) >= 11 is 1.67. The van der Waals surface area contributed by atoms with Crippen LogP contribution in [0.4, 0.5) is 4.39 Å². The van der Waals surface area contributed by atoms with Gasteiger partial charge in [0.1, 0.15) is 5.82 Å². The molecule has 0 aliphatic carbocycles. The molecule has 3 nitrogen and oxygen atoms in total. The maximum atomic E-state index is 13.2. The Bertz CT molecular complexity index is 751. The van der Waals surface area contributed by atoms with Crippen LogP contribution < -0.4 is 0 Å². The van der Waals surface area contributed by atoms with Crippen molar-refractivity contribution in [3.05, 3.63) is 54.6 Å². The molecule has 2 aromatic heterocycles. The monoisotopic (exact) mass is 313 g/mol. The molecule has 0 unspecified atom stereocenters. The lowest BCUT2D eigenvalue weighted by Crippen LogP contribution is -1.87. The molecule has 3 rings (SSSR count). The van der Waals surface area contributed by atoms with Crippen molar-refractivity contribution in [3.63, 3.8) is 0 Å². The number of thioether (sulfide) groups is 1. The fourth-order valence-electron chi connectivity index (χ4n) is 2.17. The van der Waals surface area contributed by atoms with Gasteiger partial charge in [-0.2, -0.15) is 0 Å². The fourth-order valence-corrected chi connectivity index (χ4v) is 2.93. The Hall–Kier alpha value is -2.14. The van der Waals surface area contributed by atoms with E-state index in [1.807, 2.05) is 12.1 Å². The van der Waals surface area contributed by atoms with Gasteiger partial charge in [-0.3, -0.25) is 4.98 Å². The van der Waals surface area contributed by atoms with Crippen LogP contribution in [-0.4, -0.2) is 20.2 Å². The Morgan fingerprint density at radius 1 is 1.00 bits per heavy atom. The molecule has 22 heavy (non-hydrogen) atoms. The summed E-state index contributed by atoms with van der Waals surface area (Å²) in [7, 11) is 0. The number of H-pyrrole nitrogens is 1. The molecule has 0 aliphatic rings. The van der Waals surface area contributed by atoms with Gasteiger partial charge in [0.2, 0.25) is 0 Å². The number of halogens is 1. The largest absolute Gasteiger partial charge is 0.332 e. The van der Waals surface area contributed by atoms with E-state index in [0.29, 0.717) is 5.25 Å². The zero-order valence-corrected chi connectivity index (χ0v) is 13.2. The molecule has 1 N–H and O–H groups in total. The molecule has 1 aromatic carbocycles. The summed E-state index contributed by atoms with van der Waals surface area (Å²) in [5.74, 6) is -0.249. The van der Waals surface area contributed by atoms with Crippen LogP contribution in [0, 0.1) is 5.82 Å². The number of aromatic amines is 1. The molecule has 5 heteroatoms. The number of imidazole rings is 1. The Morgan fingerprint density at radius 3 is 2.32 bits per heavy atom. The predicted octanol–water partition coefficient (Wildman–Crippen LogP) is 4.78. The first kappa shape index (κ1) is 14.8. The lowest BCUT2D eigenvalue weighted by Gasteiger charge is -2.02. The summed E-state index contributed by atoms with van der Waals surface area (Å²) in [5, 5.41) is 1.29. The number of benzene rings is 1. The molecule has 3 aromatic rings. The van der Waals surface area contributed by atoms with Crippen molar-refractivity contribution in [2.45, 2.75) is 24.3 Å². The molecular weight excluding hydrogens is 297 g/mol. The normalized spacial score (nSPS) is 11.1. The smallest absolute Gasteiger partial charge is 0.166 e. The van der Waals surface area contributed by atoms with Crippen LogP contribution in [0.5, 0.6) is 0 Å². The van der Waals surface area contributed by atoms with E-state index in [-0.39, 0.29) is 5.82 Å². The highest BCUT2D eigenvalue weighted by molar-refractivity contribution is 7.99. The molecule has 0 atom stereocenters. The first-order valence-corrected chi connectivity index (χ1v) is 7.94. The quantitative estimate of drug-likeness (QED) is 0.705. The zero-order chi connectivity index (χ0) is 15.5. The van der Waals surface area contributed by atoms with E-state index in [1.54, 1.807) is 36.3 Å². The van der Waals surface area contributed by atoms with E-state index in [4.69, 9.17) is 4.98 Å². The van der Waals surface area contributed by atoms with E-state index in [1.165, 1.54) is 12.1 Å². The van der Waals surface area contributed by atoms with Crippen LogP contribution in [0.25, 0.3) is 22.5 Å². The maximum absolute atomic E-state index is 13.2. The number of aromatic nitrogens is 3. The van der Waals surface area contributed by atoms with Crippen molar-refractivity contribution < 1.29 is 4.39 Å². The van der Waals surface area contributed by atoms with Gasteiger partial charge < -0.3 is 4.98 Å². The third-order valence-electron chi connectivity index (χ3n) is 3.12. The summed E-state index contributed by atoms with van der Waals surface area (Å²) in [5.41, 5.74) is 3.66. The van der Waals surface area contributed by atoms with Gasteiger partial charge in [0, 0.05) is 28.8 Å². The number of hydrogen-bond acceptors (Lipinski definition) is 3. The van der Waals surface area contributed by atoms with Crippen molar-refractivity contribution in [3.8, 4) is 22.5 Å². The van der Waals surface area contributed by atoms with Gasteiger partial charge in [0.25, 0.3) is 0 Å². The Kier molecular flexibility index (Phi) is 4.24. The van der Waals surface area contributed by atoms with Crippen LogP contribution in [0.2, 0.25) is 0 Å². The minimum atomic E-state index is -0.249. The van der Waals surface area contributed by atoms with Crippen LogP contribution in [-0.2, 0) is 0 Å². The fraction of sp³-hybridized carbons (Fsp3) is 0.176. The average molecular weight is 313 g/mol. The Morgan fingerprint density at radius 2 is 1.68 bits per heavy atom. The number of rotatable bonds is 4. The van der Waals surface area contributed by atoms with Crippen molar-refractivity contribution in [2.24, 2.45) is 0 Å². The van der Waals surface area contributed by atoms with Crippen molar-refractivity contribution in [1.29, 1.82) is 0 Å². The molecule has 0 aliphatic heterocycles. The standard InChI is InChI=1S/C17H16FN3S/c1-11(2)22-17-20-15(12-3-5-14(18)6-4-12)16(21-17)13-7-9-19-10-8-13/h3-11H,1-2H3,(H,20,21). The number of nitrogens with zero attached hydrogens (tertiary/aromatic N) is 2. The molecule has 0 amide bonds. The first-order chi connectivity index (χ1) is 10.6. The second-order valence-corrected chi connectivity index (χ2v) is 6.74. The second kappa shape index (κ2) is 6.32. The van der Waals surface area contributed by atoms with E-state index in [0.717, 1.165) is 27.7 Å². The minimum Gasteiger partial charge on any atom is -0.332 e. The Labute approximate surface area is 133 Å². The van der Waals surface area contributed by atoms with Gasteiger partial charge in [0.15, 0.2) is 5.16 Å². The predicted molar refractivity (Wildman–Crippen MR) is 88.2 cm³/mol. The van der Waals surface area contributed by atoms with Crippen molar-refractivity contribution in [1.82, 2.24) is 15.0 Å². The van der Waals surface area contributed by atoms with Gasteiger partial charge in [-0.05, 0) is 36.4 Å². The molecule has 0 bridgehead atoms. The third-order valence-corrected chi connectivity index (χ3v) is 4.00. The summed E-state index contributed by atoms with van der Waals surface area (Å²) in [4.78, 5) is 12.1. The van der Waals surface area contributed by atoms with Gasteiger partial charge in [-0.25, -0.2) is 9.37 Å². The molecule has 0 saturated heterocycles. The molecule has 0 fully saturated rings. The van der Waals surface area contributed by atoms with E-state index >= 15 is 0 Å². The van der Waals surface area contributed by atoms with Gasteiger partial charge >= 0.3 is 0 Å². The lowest BCUT2D eigenvalue weighted by atomic mass is 10.1. The summed E-state index contributed by atoms with van der Waals surface area (Å²) in [6.45, 7) is 4.24. The molecule has 0 radical (unpaired) electrons. The van der Waals surface area contributed by atoms with Crippen LogP contribution in [0.15, 0.2) is 53.9 Å². The summed E-state index contributed by atoms with van der Waals surface area (Å²) < 4.78 is 13.2. The van der Waals surface area contributed by atoms with Crippen molar-refractivity contribution >= 4 is 11.8 Å². The van der Waals surface area contributed by atoms with Gasteiger partial charge in [0.05, 0.1) is 11.4 Å². The first-order valence-electron chi connectivity index (χ1n) is 7.06. The molecule has 112 valence electrons. The average Bonchev–Trinajstić information content (AvgIpc) is 2.92. The SMILES string of the molecule is CC(C)Sc1nc(-c2ccc(F)cc2)c(-c2ccncc2)[nH]1. The Balaban J connectivity index is 2.10. The second-order valence-electron chi connectivity index (χ2n) is 5.17. The van der Waals surface area contributed by atoms with Gasteiger partial charge in [-0.15, -0.1) is 0 Å². The highest BCUT2D eigenvalue weighted by Gasteiger charge is 2.15. The molecular formula is C17H16FN3S. The van der Waals surface area contributed by atoms with Crippen LogP contribution in [0.1, 0.15) is 13.8 Å². The highest BCUT2D eigenvalue weighted by Crippen LogP contribution is 2.33. The van der Waals surface area contributed by atoms with Crippen LogP contribution >= 0.6 is 11.8 Å². The zero-order valence-electron chi connectivity index (χ0n) is 12.4. The molecule has 0 spiro atoms. The van der Waals surface area contributed by atoms with E-state index < -0.39 is 0 Å². The number of hydrogen-bond donors (Lipinski definition) is 1. The lowest BCUT2D eigenvalue weighted by molar-refractivity contribution is 0.628. The minimum absolute atomic E-state index is 0.249. The number of nitrogens with one attached hydrogen (secondary N) is 1. The number of pyridine rings is 1. The topological polar surface area (TPSA) is 41.6 Å². The van der Waals surface area contributed by atoms with Crippen molar-refractivity contribution in [2.75, 3.05) is 0 Å². The third kappa shape index (κ3) is 3.20. The van der Waals surface area contributed by atoms with Gasteiger partial charge in [-0.1, -0.05) is 25.6 Å². The maximum Gasteiger partial charge on any atom is 0.166 e. The van der Waals surface area contributed by atoms with E-state index in [9.17, 15) is 4.39 Å².